The summed E-state index contributed by atoms with van der Waals surface area (Å²) in [5, 5.41) is 0.780. The van der Waals surface area contributed by atoms with E-state index in [0.717, 1.165) is 6.42 Å². The van der Waals surface area contributed by atoms with Crippen molar-refractivity contribution in [3.8, 4) is 0 Å². The fraction of sp³-hybridized carbons (Fsp3) is 0.250. The van der Waals surface area contributed by atoms with Crippen LogP contribution in [-0.4, -0.2) is 37.3 Å². The normalized spacial score (nSPS) is 11.9. The third kappa shape index (κ3) is 4.27. The van der Waals surface area contributed by atoms with E-state index in [1.165, 1.54) is 22.1 Å². The maximum atomic E-state index is 13.2. The first-order valence-electron chi connectivity index (χ1n) is 8.88. The molecule has 3 rings (SSSR count). The van der Waals surface area contributed by atoms with Crippen molar-refractivity contribution >= 4 is 20.8 Å². The monoisotopic (exact) mass is 385 g/mol. The van der Waals surface area contributed by atoms with Crippen molar-refractivity contribution < 1.29 is 8.42 Å². The molecule has 0 saturated heterocycles. The van der Waals surface area contributed by atoms with Crippen LogP contribution in [0.25, 0.3) is 10.8 Å². The van der Waals surface area contributed by atoms with E-state index in [2.05, 4.69) is 4.98 Å². The molecule has 6 nitrogen and oxygen atoms in total. The van der Waals surface area contributed by atoms with E-state index in [0.29, 0.717) is 23.7 Å². The molecular formula is C20H23N3O3S. The molecule has 1 aromatic heterocycles. The van der Waals surface area contributed by atoms with Crippen molar-refractivity contribution in [1.29, 1.82) is 0 Å². The van der Waals surface area contributed by atoms with Gasteiger partial charge in [-0.05, 0) is 36.6 Å². The number of pyridine rings is 1. The van der Waals surface area contributed by atoms with E-state index < -0.39 is 10.0 Å². The van der Waals surface area contributed by atoms with E-state index in [1.807, 2.05) is 30.3 Å². The largest absolute Gasteiger partial charge is 0.329 e. The van der Waals surface area contributed by atoms with Gasteiger partial charge in [-0.25, -0.2) is 8.42 Å². The number of rotatable bonds is 8. The summed E-state index contributed by atoms with van der Waals surface area (Å²) < 4.78 is 27.9. The molecule has 0 atom stereocenters. The van der Waals surface area contributed by atoms with Crippen LogP contribution >= 0.6 is 0 Å². The Labute approximate surface area is 158 Å². The van der Waals surface area contributed by atoms with E-state index in [4.69, 9.17) is 5.73 Å². The molecule has 0 fully saturated rings. The number of nitrogens with zero attached hydrogens (tertiary/aromatic N) is 1. The smallest absolute Gasteiger partial charge is 0.255 e. The van der Waals surface area contributed by atoms with E-state index in [1.54, 1.807) is 18.2 Å². The van der Waals surface area contributed by atoms with Gasteiger partial charge in [0.15, 0.2) is 0 Å². The average molecular weight is 385 g/mol. The van der Waals surface area contributed by atoms with Gasteiger partial charge in [0.2, 0.25) is 10.0 Å². The van der Waals surface area contributed by atoms with Gasteiger partial charge in [0.1, 0.15) is 0 Å². The van der Waals surface area contributed by atoms with Gasteiger partial charge in [-0.15, -0.1) is 0 Å². The van der Waals surface area contributed by atoms with Crippen molar-refractivity contribution in [1.82, 2.24) is 9.29 Å². The molecule has 1 heterocycles. The third-order valence-electron chi connectivity index (χ3n) is 4.49. The van der Waals surface area contributed by atoms with Gasteiger partial charge in [-0.1, -0.05) is 36.4 Å². The maximum absolute atomic E-state index is 13.2. The zero-order chi connectivity index (χ0) is 19.3. The molecule has 0 amide bonds. The third-order valence-corrected chi connectivity index (χ3v) is 6.44. The van der Waals surface area contributed by atoms with Crippen LogP contribution in [0, 0.1) is 0 Å². The molecule has 0 saturated carbocycles. The molecule has 0 bridgehead atoms. The summed E-state index contributed by atoms with van der Waals surface area (Å²) in [5.74, 6) is 0. The van der Waals surface area contributed by atoms with Crippen molar-refractivity contribution in [3.05, 3.63) is 76.7 Å². The molecule has 0 aliphatic carbocycles. The predicted molar refractivity (Wildman–Crippen MR) is 107 cm³/mol. The molecule has 7 heteroatoms. The molecule has 3 aromatic rings. The van der Waals surface area contributed by atoms with Gasteiger partial charge >= 0.3 is 0 Å². The Balaban J connectivity index is 1.88. The molecule has 0 unspecified atom stereocenters. The highest BCUT2D eigenvalue weighted by Gasteiger charge is 2.25. The van der Waals surface area contributed by atoms with Crippen LogP contribution in [0.5, 0.6) is 0 Å². The minimum atomic E-state index is -3.76. The molecule has 3 N–H and O–H groups in total. The number of nitrogens with one attached hydrogen (secondary N) is 1. The molecular weight excluding hydrogens is 362 g/mol. The number of H-pyrrole nitrogens is 1. The van der Waals surface area contributed by atoms with Crippen LogP contribution in [-0.2, 0) is 16.4 Å². The highest BCUT2D eigenvalue weighted by atomic mass is 32.2. The minimum absolute atomic E-state index is 0.138. The summed E-state index contributed by atoms with van der Waals surface area (Å²) in [4.78, 5) is 14.7. The topological polar surface area (TPSA) is 96.3 Å². The average Bonchev–Trinajstić information content (AvgIpc) is 2.68. The van der Waals surface area contributed by atoms with E-state index >= 15 is 0 Å². The first kappa shape index (κ1) is 19.3. The van der Waals surface area contributed by atoms with Crippen LogP contribution in [0.15, 0.2) is 70.5 Å². The second-order valence-corrected chi connectivity index (χ2v) is 8.21. The molecule has 0 aliphatic rings. The lowest BCUT2D eigenvalue weighted by molar-refractivity contribution is 0.412. The van der Waals surface area contributed by atoms with Gasteiger partial charge in [-0.3, -0.25) is 4.79 Å². The van der Waals surface area contributed by atoms with Gasteiger partial charge in [-0.2, -0.15) is 4.31 Å². The molecule has 2 aromatic carbocycles. The number of aromatic nitrogens is 1. The molecule has 27 heavy (non-hydrogen) atoms. The van der Waals surface area contributed by atoms with Crippen molar-refractivity contribution in [2.75, 3.05) is 19.6 Å². The summed E-state index contributed by atoms with van der Waals surface area (Å²) in [6, 6.07) is 16.3. The summed E-state index contributed by atoms with van der Waals surface area (Å²) >= 11 is 0. The number of hydrogen-bond donors (Lipinski definition) is 2. The number of sulfonamides is 1. The summed E-state index contributed by atoms with van der Waals surface area (Å²) in [5.41, 5.74) is 6.52. The number of aromatic amines is 1. The minimum Gasteiger partial charge on any atom is -0.329 e. The highest BCUT2D eigenvalue weighted by molar-refractivity contribution is 7.89. The Morgan fingerprint density at radius 2 is 1.70 bits per heavy atom. The van der Waals surface area contributed by atoms with Gasteiger partial charge < -0.3 is 10.7 Å². The van der Waals surface area contributed by atoms with Gasteiger partial charge in [0.05, 0.1) is 4.90 Å². The molecule has 142 valence electrons. The zero-order valence-corrected chi connectivity index (χ0v) is 15.8. The fourth-order valence-electron chi connectivity index (χ4n) is 3.16. The van der Waals surface area contributed by atoms with Crippen LogP contribution in [0.2, 0.25) is 0 Å². The fourth-order valence-corrected chi connectivity index (χ4v) is 4.86. The number of benzene rings is 2. The molecule has 0 radical (unpaired) electrons. The lowest BCUT2D eigenvalue weighted by Gasteiger charge is -2.22. The Kier molecular flexibility index (Phi) is 6.05. The first-order valence-corrected chi connectivity index (χ1v) is 10.3. The van der Waals surface area contributed by atoms with Crippen molar-refractivity contribution in [3.63, 3.8) is 0 Å². The van der Waals surface area contributed by atoms with E-state index in [-0.39, 0.29) is 23.5 Å². The second kappa shape index (κ2) is 8.47. The van der Waals surface area contributed by atoms with Crippen molar-refractivity contribution in [2.45, 2.75) is 17.7 Å². The number of hydrogen-bond acceptors (Lipinski definition) is 4. The predicted octanol–water partition coefficient (Wildman–Crippen LogP) is 2.11. The maximum Gasteiger partial charge on any atom is 0.255 e. The second-order valence-electron chi connectivity index (χ2n) is 6.31. The first-order chi connectivity index (χ1) is 13.0. The summed E-state index contributed by atoms with van der Waals surface area (Å²) in [6.07, 6.45) is 2.94. The lowest BCUT2D eigenvalue weighted by atomic mass is 10.1. The molecule has 0 aliphatic heterocycles. The summed E-state index contributed by atoms with van der Waals surface area (Å²) in [6.45, 7) is 0.834. The lowest BCUT2D eigenvalue weighted by Crippen LogP contribution is -2.36. The SMILES string of the molecule is NCCN(CCCc1ccccc1)S(=O)(=O)c1cccc2c(=O)[nH]ccc12. The Morgan fingerprint density at radius 1 is 0.926 bits per heavy atom. The number of nitrogens with two attached hydrogens (primary N) is 1. The zero-order valence-electron chi connectivity index (χ0n) is 15.0. The van der Waals surface area contributed by atoms with Crippen LogP contribution in [0.1, 0.15) is 12.0 Å². The van der Waals surface area contributed by atoms with Gasteiger partial charge in [0, 0.05) is 36.6 Å². The van der Waals surface area contributed by atoms with Crippen LogP contribution < -0.4 is 11.3 Å². The summed E-state index contributed by atoms with van der Waals surface area (Å²) in [7, 11) is -3.76. The highest BCUT2D eigenvalue weighted by Crippen LogP contribution is 2.24. The van der Waals surface area contributed by atoms with Crippen LogP contribution in [0.3, 0.4) is 0 Å². The number of fused-ring (bicyclic) bond motifs is 1. The van der Waals surface area contributed by atoms with Crippen LogP contribution in [0.4, 0.5) is 0 Å². The Bertz CT molecular complexity index is 1060. The van der Waals surface area contributed by atoms with Crippen molar-refractivity contribution in [2.24, 2.45) is 5.73 Å². The van der Waals surface area contributed by atoms with E-state index in [9.17, 15) is 13.2 Å². The Hall–Kier alpha value is -2.48. The number of aryl methyl sites for hydroxylation is 1. The standard InChI is InChI=1S/C20H23N3O3S/c21-12-15-23(14-5-8-16-6-2-1-3-7-16)27(25,26)19-10-4-9-18-17(19)11-13-22-20(18)24/h1-4,6-7,9-11,13H,5,8,12,14-15,21H2,(H,22,24). The molecule has 0 spiro atoms. The van der Waals surface area contributed by atoms with Gasteiger partial charge in [0.25, 0.3) is 5.56 Å². The quantitative estimate of drug-likeness (QED) is 0.621. The Morgan fingerprint density at radius 3 is 2.44 bits per heavy atom.